The van der Waals surface area contributed by atoms with Crippen LogP contribution in [0, 0.1) is 0 Å². The average Bonchev–Trinajstić information content (AvgIpc) is 2.82. The lowest BCUT2D eigenvalue weighted by Crippen LogP contribution is -2.37. The zero-order valence-electron chi connectivity index (χ0n) is 17.0. The van der Waals surface area contributed by atoms with Gasteiger partial charge in [-0.15, -0.1) is 0 Å². The van der Waals surface area contributed by atoms with Crippen molar-refractivity contribution in [2.24, 2.45) is 0 Å². The predicted octanol–water partition coefficient (Wildman–Crippen LogP) is 4.63. The number of rotatable bonds is 7. The lowest BCUT2D eigenvalue weighted by molar-refractivity contribution is -0.139. The Morgan fingerprint density at radius 3 is 2.37 bits per heavy atom. The van der Waals surface area contributed by atoms with E-state index in [9.17, 15) is 4.79 Å². The summed E-state index contributed by atoms with van der Waals surface area (Å²) in [6, 6.07) is 24.8. The highest BCUT2D eigenvalue weighted by molar-refractivity contribution is 5.83. The van der Waals surface area contributed by atoms with E-state index in [0.29, 0.717) is 32.1 Å². The highest BCUT2D eigenvalue weighted by Crippen LogP contribution is 2.35. The van der Waals surface area contributed by atoms with Crippen LogP contribution >= 0.6 is 0 Å². The second-order valence-corrected chi connectivity index (χ2v) is 7.02. The van der Waals surface area contributed by atoms with Gasteiger partial charge in [0.15, 0.2) is 11.5 Å². The minimum atomic E-state index is -0.731. The van der Waals surface area contributed by atoms with Crippen molar-refractivity contribution >= 4 is 5.91 Å². The number of ether oxygens (including phenoxy) is 3. The molecule has 1 unspecified atom stereocenters. The third-order valence-electron chi connectivity index (χ3n) is 5.03. The summed E-state index contributed by atoms with van der Waals surface area (Å²) >= 11 is 0. The molecule has 0 N–H and O–H groups in total. The molecule has 0 spiro atoms. The molecule has 1 amide bonds. The Bertz CT molecular complexity index is 975. The smallest absolute Gasteiger partial charge is 0.268 e. The average molecular weight is 403 g/mol. The van der Waals surface area contributed by atoms with E-state index in [0.717, 1.165) is 22.6 Å². The van der Waals surface area contributed by atoms with E-state index in [1.165, 1.54) is 0 Å². The number of carbonyl (C=O) groups excluding carboxylic acids is 1. The molecule has 0 saturated heterocycles. The van der Waals surface area contributed by atoms with Crippen molar-refractivity contribution in [1.82, 2.24) is 4.90 Å². The lowest BCUT2D eigenvalue weighted by Gasteiger charge is -2.29. The highest BCUT2D eigenvalue weighted by atomic mass is 16.6. The molecule has 1 aliphatic rings. The Morgan fingerprint density at radius 1 is 0.933 bits per heavy atom. The topological polar surface area (TPSA) is 48.0 Å². The fourth-order valence-corrected chi connectivity index (χ4v) is 3.50. The Labute approximate surface area is 176 Å². The molecule has 0 bridgehead atoms. The molecule has 0 fully saturated rings. The van der Waals surface area contributed by atoms with Crippen LogP contribution in [0.2, 0.25) is 0 Å². The maximum Gasteiger partial charge on any atom is 0.268 e. The van der Waals surface area contributed by atoms with Crippen molar-refractivity contribution in [3.8, 4) is 17.2 Å². The van der Waals surface area contributed by atoms with Crippen LogP contribution in [0.25, 0.3) is 0 Å². The van der Waals surface area contributed by atoms with E-state index in [1.807, 2.05) is 85.8 Å². The molecule has 0 radical (unpaired) electrons. The normalized spacial score (nSPS) is 13.4. The van der Waals surface area contributed by atoms with Gasteiger partial charge in [-0.3, -0.25) is 4.79 Å². The summed E-state index contributed by atoms with van der Waals surface area (Å²) in [5.74, 6) is 2.00. The van der Waals surface area contributed by atoms with Crippen LogP contribution in [-0.2, 0) is 11.3 Å². The van der Waals surface area contributed by atoms with E-state index in [4.69, 9.17) is 14.2 Å². The second-order valence-electron chi connectivity index (χ2n) is 7.02. The van der Waals surface area contributed by atoms with Gasteiger partial charge in [0.05, 0.1) is 0 Å². The fourth-order valence-electron chi connectivity index (χ4n) is 3.50. The number of hydrogen-bond acceptors (Lipinski definition) is 4. The van der Waals surface area contributed by atoms with Crippen LogP contribution in [0.1, 0.15) is 24.2 Å². The van der Waals surface area contributed by atoms with E-state index in [-0.39, 0.29) is 5.91 Å². The summed E-state index contributed by atoms with van der Waals surface area (Å²) in [5, 5.41) is 0. The van der Waals surface area contributed by atoms with Crippen molar-refractivity contribution in [1.29, 1.82) is 0 Å². The van der Waals surface area contributed by atoms with Crippen LogP contribution < -0.4 is 14.2 Å². The van der Waals surface area contributed by atoms with E-state index in [2.05, 4.69) is 0 Å². The molecule has 3 aromatic carbocycles. The first-order valence-electron chi connectivity index (χ1n) is 10.2. The summed E-state index contributed by atoms with van der Waals surface area (Å²) in [4.78, 5) is 15.4. The van der Waals surface area contributed by atoms with Crippen molar-refractivity contribution < 1.29 is 19.0 Å². The first kappa shape index (κ1) is 19.8. The molecule has 4 rings (SSSR count). The molecular weight excluding hydrogens is 378 g/mol. The van der Waals surface area contributed by atoms with Crippen molar-refractivity contribution in [3.63, 3.8) is 0 Å². The third kappa shape index (κ3) is 4.40. The maximum atomic E-state index is 13.6. The molecule has 3 aromatic rings. The molecule has 5 heteroatoms. The number of nitrogens with zero attached hydrogens (tertiary/aromatic N) is 1. The summed E-state index contributed by atoms with van der Waals surface area (Å²) in [6.45, 7) is 3.98. The van der Waals surface area contributed by atoms with Crippen LogP contribution in [0.3, 0.4) is 0 Å². The van der Waals surface area contributed by atoms with Crippen molar-refractivity contribution in [2.75, 3.05) is 19.8 Å². The number of hydrogen-bond donors (Lipinski definition) is 0. The molecule has 0 saturated carbocycles. The van der Waals surface area contributed by atoms with E-state index in [1.54, 1.807) is 4.90 Å². The Kier molecular flexibility index (Phi) is 6.18. The molecule has 30 heavy (non-hydrogen) atoms. The van der Waals surface area contributed by atoms with Gasteiger partial charge in [0.1, 0.15) is 19.0 Å². The number of carbonyl (C=O) groups is 1. The number of amides is 1. The zero-order valence-corrected chi connectivity index (χ0v) is 17.0. The standard InChI is InChI=1S/C25H25NO4/c1-2-26(18-20-12-9-15-22-23(20)29-17-16-28-22)25(27)24(19-10-5-3-6-11-19)30-21-13-7-4-8-14-21/h3-15,24H,2,16-18H2,1H3. The molecule has 1 atom stereocenters. The molecular formula is C25H25NO4. The highest BCUT2D eigenvalue weighted by Gasteiger charge is 2.28. The van der Waals surface area contributed by atoms with Gasteiger partial charge in [0.25, 0.3) is 5.91 Å². The molecule has 0 aromatic heterocycles. The predicted molar refractivity (Wildman–Crippen MR) is 115 cm³/mol. The summed E-state index contributed by atoms with van der Waals surface area (Å²) < 4.78 is 17.7. The molecule has 154 valence electrons. The Balaban J connectivity index is 1.61. The fraction of sp³-hybridized carbons (Fsp3) is 0.240. The molecule has 1 heterocycles. The van der Waals surface area contributed by atoms with Crippen LogP contribution in [-0.4, -0.2) is 30.6 Å². The minimum absolute atomic E-state index is 0.0955. The van der Waals surface area contributed by atoms with Crippen LogP contribution in [0.4, 0.5) is 0 Å². The van der Waals surface area contributed by atoms with Crippen molar-refractivity contribution in [2.45, 2.75) is 19.6 Å². The van der Waals surface area contributed by atoms with Gasteiger partial charge < -0.3 is 19.1 Å². The lowest BCUT2D eigenvalue weighted by atomic mass is 10.1. The van der Waals surface area contributed by atoms with Gasteiger partial charge in [-0.05, 0) is 25.1 Å². The quantitative estimate of drug-likeness (QED) is 0.577. The molecule has 1 aliphatic heterocycles. The largest absolute Gasteiger partial charge is 0.486 e. The SMILES string of the molecule is CCN(Cc1cccc2c1OCCO2)C(=O)C(Oc1ccccc1)c1ccccc1. The van der Waals surface area contributed by atoms with Gasteiger partial charge >= 0.3 is 0 Å². The van der Waals surface area contributed by atoms with Gasteiger partial charge in [0, 0.05) is 24.2 Å². The van der Waals surface area contributed by atoms with Gasteiger partial charge in [-0.2, -0.15) is 0 Å². The van der Waals surface area contributed by atoms with Crippen molar-refractivity contribution in [3.05, 3.63) is 90.0 Å². The van der Waals surface area contributed by atoms with E-state index < -0.39 is 6.10 Å². The van der Waals surface area contributed by atoms with Crippen LogP contribution in [0.5, 0.6) is 17.2 Å². The minimum Gasteiger partial charge on any atom is -0.486 e. The maximum absolute atomic E-state index is 13.6. The van der Waals surface area contributed by atoms with Gasteiger partial charge in [-0.25, -0.2) is 0 Å². The third-order valence-corrected chi connectivity index (χ3v) is 5.03. The summed E-state index contributed by atoms with van der Waals surface area (Å²) in [5.41, 5.74) is 1.74. The molecule has 5 nitrogen and oxygen atoms in total. The first-order chi connectivity index (χ1) is 14.8. The number of para-hydroxylation sites is 2. The van der Waals surface area contributed by atoms with Gasteiger partial charge in [0.2, 0.25) is 6.10 Å². The van der Waals surface area contributed by atoms with Crippen LogP contribution in [0.15, 0.2) is 78.9 Å². The van der Waals surface area contributed by atoms with E-state index >= 15 is 0 Å². The number of fused-ring (bicyclic) bond motifs is 1. The summed E-state index contributed by atoms with van der Waals surface area (Å²) in [6.07, 6.45) is -0.731. The first-order valence-corrected chi connectivity index (χ1v) is 10.2. The monoisotopic (exact) mass is 403 g/mol. The summed E-state index contributed by atoms with van der Waals surface area (Å²) in [7, 11) is 0. The number of likely N-dealkylation sites (N-methyl/N-ethyl adjacent to an activating group) is 1. The number of benzene rings is 3. The van der Waals surface area contributed by atoms with Gasteiger partial charge in [-0.1, -0.05) is 60.7 Å². The Morgan fingerprint density at radius 2 is 1.63 bits per heavy atom. The molecule has 0 aliphatic carbocycles. The zero-order chi connectivity index (χ0) is 20.8. The Hall–Kier alpha value is -3.47. The second kappa shape index (κ2) is 9.35.